The first-order chi connectivity index (χ1) is 15.5. The summed E-state index contributed by atoms with van der Waals surface area (Å²) in [5.74, 6) is 1.41. The monoisotopic (exact) mass is 434 g/mol. The Morgan fingerprint density at radius 2 is 1.81 bits per heavy atom. The summed E-state index contributed by atoms with van der Waals surface area (Å²) in [6, 6.07) is 6.40. The zero-order chi connectivity index (χ0) is 22.2. The third kappa shape index (κ3) is 3.98. The van der Waals surface area contributed by atoms with Crippen LogP contribution in [0.2, 0.25) is 0 Å². The molecule has 7 nitrogen and oxygen atoms in total. The molecule has 32 heavy (non-hydrogen) atoms. The molecule has 2 aromatic heterocycles. The molecule has 170 valence electrons. The lowest BCUT2D eigenvalue weighted by Gasteiger charge is -2.37. The predicted molar refractivity (Wildman–Crippen MR) is 126 cm³/mol. The summed E-state index contributed by atoms with van der Waals surface area (Å²) in [5.41, 5.74) is 4.01. The van der Waals surface area contributed by atoms with Gasteiger partial charge in [-0.3, -0.25) is 9.69 Å². The molecular formula is C25H34N6O. The van der Waals surface area contributed by atoms with Gasteiger partial charge in [0.15, 0.2) is 5.82 Å². The molecule has 7 heteroatoms. The molecule has 0 radical (unpaired) electrons. The van der Waals surface area contributed by atoms with Crippen molar-refractivity contribution in [1.29, 1.82) is 0 Å². The lowest BCUT2D eigenvalue weighted by Crippen LogP contribution is -2.41. The van der Waals surface area contributed by atoms with Crippen molar-refractivity contribution in [2.45, 2.75) is 77.8 Å². The van der Waals surface area contributed by atoms with Gasteiger partial charge >= 0.3 is 0 Å². The van der Waals surface area contributed by atoms with E-state index in [4.69, 9.17) is 0 Å². The smallest absolute Gasteiger partial charge is 0.253 e. The van der Waals surface area contributed by atoms with Crippen LogP contribution >= 0.6 is 0 Å². The van der Waals surface area contributed by atoms with Gasteiger partial charge in [-0.2, -0.15) is 0 Å². The summed E-state index contributed by atoms with van der Waals surface area (Å²) >= 11 is 0. The average molecular weight is 435 g/mol. The number of tetrazole rings is 1. The van der Waals surface area contributed by atoms with Crippen molar-refractivity contribution in [2.75, 3.05) is 13.1 Å². The van der Waals surface area contributed by atoms with Crippen molar-refractivity contribution in [2.24, 2.45) is 5.92 Å². The fourth-order valence-corrected chi connectivity index (χ4v) is 5.62. The number of aromatic amines is 1. The molecule has 0 spiro atoms. The number of aryl methyl sites for hydroxylation is 2. The van der Waals surface area contributed by atoms with Crippen LogP contribution in [0.1, 0.15) is 86.5 Å². The van der Waals surface area contributed by atoms with Crippen molar-refractivity contribution in [3.63, 3.8) is 0 Å². The van der Waals surface area contributed by atoms with Gasteiger partial charge in [-0.15, -0.1) is 5.10 Å². The van der Waals surface area contributed by atoms with E-state index in [1.807, 2.05) is 4.68 Å². The summed E-state index contributed by atoms with van der Waals surface area (Å²) in [6.45, 7) is 8.40. The highest BCUT2D eigenvalue weighted by atomic mass is 16.1. The van der Waals surface area contributed by atoms with E-state index in [2.05, 4.69) is 64.4 Å². The molecule has 3 aromatic rings. The molecule has 1 aliphatic heterocycles. The number of aromatic nitrogens is 5. The Bertz CT molecular complexity index is 1160. The Morgan fingerprint density at radius 3 is 2.59 bits per heavy atom. The third-order valence-corrected chi connectivity index (χ3v) is 7.52. The van der Waals surface area contributed by atoms with Crippen LogP contribution in [0.15, 0.2) is 23.0 Å². The minimum atomic E-state index is -0.232. The second-order valence-corrected chi connectivity index (χ2v) is 10.00. The maximum atomic E-state index is 13.4. The van der Waals surface area contributed by atoms with Gasteiger partial charge in [0.2, 0.25) is 0 Å². The fraction of sp³-hybridized carbons (Fsp3) is 0.600. The second-order valence-electron chi connectivity index (χ2n) is 10.00. The molecule has 2 atom stereocenters. The molecule has 5 rings (SSSR count). The topological polar surface area (TPSA) is 79.7 Å². The van der Waals surface area contributed by atoms with Gasteiger partial charge < -0.3 is 4.98 Å². The minimum absolute atomic E-state index is 0.0397. The number of pyridine rings is 1. The minimum Gasteiger partial charge on any atom is -0.322 e. The summed E-state index contributed by atoms with van der Waals surface area (Å²) < 4.78 is 2.03. The molecule has 1 saturated carbocycles. The Morgan fingerprint density at radius 1 is 1.03 bits per heavy atom. The van der Waals surface area contributed by atoms with Crippen molar-refractivity contribution >= 4 is 10.9 Å². The van der Waals surface area contributed by atoms with E-state index in [0.29, 0.717) is 12.0 Å². The Hall–Kier alpha value is -2.54. The zero-order valence-electron chi connectivity index (χ0n) is 19.5. The zero-order valence-corrected chi connectivity index (χ0v) is 19.5. The highest BCUT2D eigenvalue weighted by Gasteiger charge is 2.34. The normalized spacial score (nSPS) is 21.8. The number of benzene rings is 1. The van der Waals surface area contributed by atoms with Crippen molar-refractivity contribution < 1.29 is 0 Å². The second kappa shape index (κ2) is 8.77. The van der Waals surface area contributed by atoms with Crippen LogP contribution in [0, 0.1) is 19.8 Å². The largest absolute Gasteiger partial charge is 0.322 e. The van der Waals surface area contributed by atoms with Gasteiger partial charge in [-0.05, 0) is 97.1 Å². The first kappa shape index (κ1) is 21.3. The highest BCUT2D eigenvalue weighted by molar-refractivity contribution is 5.81. The van der Waals surface area contributed by atoms with Crippen LogP contribution < -0.4 is 5.56 Å². The van der Waals surface area contributed by atoms with E-state index in [1.54, 1.807) is 0 Å². The average Bonchev–Trinajstić information content (AvgIpc) is 3.26. The third-order valence-electron chi connectivity index (χ3n) is 7.52. The van der Waals surface area contributed by atoms with Gasteiger partial charge in [0, 0.05) is 17.6 Å². The Labute approximate surface area is 189 Å². The highest BCUT2D eigenvalue weighted by Crippen LogP contribution is 2.35. The SMILES string of the molecule is Cc1cc2cc([C@@H](c3nnnn3C3CCCCC3)N3CCC[C@@H](C)C3)c(=O)[nH]c2cc1C. The lowest BCUT2D eigenvalue weighted by molar-refractivity contribution is 0.138. The van der Waals surface area contributed by atoms with Gasteiger partial charge in [0.25, 0.3) is 5.56 Å². The van der Waals surface area contributed by atoms with E-state index >= 15 is 0 Å². The number of hydrogen-bond donors (Lipinski definition) is 1. The number of H-pyrrole nitrogens is 1. The predicted octanol–water partition coefficient (Wildman–Crippen LogP) is 4.46. The molecule has 0 amide bonds. The number of nitrogens with zero attached hydrogens (tertiary/aromatic N) is 5. The molecule has 1 aromatic carbocycles. The van der Waals surface area contributed by atoms with E-state index in [-0.39, 0.29) is 11.6 Å². The van der Waals surface area contributed by atoms with Crippen LogP contribution in [-0.4, -0.2) is 43.2 Å². The van der Waals surface area contributed by atoms with E-state index in [0.717, 1.165) is 54.6 Å². The number of piperidine rings is 1. The maximum absolute atomic E-state index is 13.4. The molecular weight excluding hydrogens is 400 g/mol. The molecule has 3 heterocycles. The molecule has 2 aliphatic rings. The summed E-state index contributed by atoms with van der Waals surface area (Å²) in [4.78, 5) is 19.0. The molecule has 0 bridgehead atoms. The molecule has 1 aliphatic carbocycles. The number of rotatable bonds is 4. The van der Waals surface area contributed by atoms with Gasteiger partial charge in [0.1, 0.15) is 6.04 Å². The van der Waals surface area contributed by atoms with Crippen LogP contribution in [0.5, 0.6) is 0 Å². The Kier molecular flexibility index (Phi) is 5.84. The molecule has 2 fully saturated rings. The van der Waals surface area contributed by atoms with E-state index in [1.165, 1.54) is 36.8 Å². The van der Waals surface area contributed by atoms with Crippen LogP contribution in [-0.2, 0) is 0 Å². The molecule has 0 unspecified atom stereocenters. The number of likely N-dealkylation sites (tertiary alicyclic amines) is 1. The number of hydrogen-bond acceptors (Lipinski definition) is 5. The van der Waals surface area contributed by atoms with Crippen LogP contribution in [0.3, 0.4) is 0 Å². The summed E-state index contributed by atoms with van der Waals surface area (Å²) in [5, 5.41) is 14.1. The first-order valence-corrected chi connectivity index (χ1v) is 12.2. The lowest BCUT2D eigenvalue weighted by atomic mass is 9.93. The van der Waals surface area contributed by atoms with Crippen molar-refractivity contribution in [3.8, 4) is 0 Å². The molecule has 1 N–H and O–H groups in total. The maximum Gasteiger partial charge on any atom is 0.253 e. The number of fused-ring (bicyclic) bond motifs is 1. The quantitative estimate of drug-likeness (QED) is 0.656. The van der Waals surface area contributed by atoms with Gasteiger partial charge in [-0.25, -0.2) is 4.68 Å². The van der Waals surface area contributed by atoms with Gasteiger partial charge in [0.05, 0.1) is 6.04 Å². The van der Waals surface area contributed by atoms with Crippen LogP contribution in [0.25, 0.3) is 10.9 Å². The Balaban J connectivity index is 1.65. The fourth-order valence-electron chi connectivity index (χ4n) is 5.62. The van der Waals surface area contributed by atoms with Gasteiger partial charge in [-0.1, -0.05) is 26.2 Å². The van der Waals surface area contributed by atoms with E-state index in [9.17, 15) is 4.79 Å². The van der Waals surface area contributed by atoms with Crippen molar-refractivity contribution in [3.05, 3.63) is 51.1 Å². The first-order valence-electron chi connectivity index (χ1n) is 12.2. The van der Waals surface area contributed by atoms with E-state index < -0.39 is 0 Å². The standard InChI is InChI=1S/C25H34N6O/c1-16-8-7-11-30(15-16)23(24-27-28-29-31(24)20-9-5-4-6-10-20)21-14-19-12-17(2)18(3)13-22(19)26-25(21)32/h12-14,16,20,23H,4-11,15H2,1-3H3,(H,26,32)/t16-,23+/m1/s1. The van der Waals surface area contributed by atoms with Crippen molar-refractivity contribution in [1.82, 2.24) is 30.1 Å². The van der Waals surface area contributed by atoms with Crippen LogP contribution in [0.4, 0.5) is 0 Å². The summed E-state index contributed by atoms with van der Waals surface area (Å²) in [7, 11) is 0. The summed E-state index contributed by atoms with van der Waals surface area (Å²) in [6.07, 6.45) is 8.27. The molecule has 1 saturated heterocycles. The number of nitrogens with one attached hydrogen (secondary N) is 1.